The van der Waals surface area contributed by atoms with Crippen LogP contribution in [0.2, 0.25) is 0 Å². The number of nitrogens with one attached hydrogen (secondary N) is 1. The molecule has 4 heteroatoms. The first kappa shape index (κ1) is 12.7. The van der Waals surface area contributed by atoms with Crippen LogP contribution in [-0.4, -0.2) is 18.3 Å². The molecule has 0 aromatic heterocycles. The Kier molecular flexibility index (Phi) is 3.45. The predicted octanol–water partition coefficient (Wildman–Crippen LogP) is 3.03. The molecule has 1 heterocycles. The zero-order valence-corrected chi connectivity index (χ0v) is 11.0. The molecule has 98 valence electrons. The first-order valence-electron chi connectivity index (χ1n) is 6.16. The molecular weight excluding hydrogens is 230 g/mol. The normalized spacial score (nSPS) is 19.9. The predicted molar refractivity (Wildman–Crippen MR) is 68.7 cm³/mol. The quantitative estimate of drug-likeness (QED) is 0.876. The van der Waals surface area contributed by atoms with Crippen LogP contribution in [0.4, 0.5) is 4.79 Å². The van der Waals surface area contributed by atoms with Crippen molar-refractivity contribution in [1.29, 1.82) is 0 Å². The smallest absolute Gasteiger partial charge is 0.407 e. The fourth-order valence-electron chi connectivity index (χ4n) is 1.90. The van der Waals surface area contributed by atoms with Crippen LogP contribution >= 0.6 is 0 Å². The summed E-state index contributed by atoms with van der Waals surface area (Å²) in [6, 6.07) is 7.87. The molecule has 1 atom stereocenters. The Hall–Kier alpha value is -1.71. The van der Waals surface area contributed by atoms with Gasteiger partial charge in [0, 0.05) is 6.42 Å². The molecular formula is C14H19NO3. The van der Waals surface area contributed by atoms with E-state index < -0.39 is 0 Å². The van der Waals surface area contributed by atoms with E-state index >= 15 is 0 Å². The summed E-state index contributed by atoms with van der Waals surface area (Å²) in [5.41, 5.74) is 0.877. The Labute approximate surface area is 107 Å². The van der Waals surface area contributed by atoms with E-state index in [4.69, 9.17) is 9.47 Å². The van der Waals surface area contributed by atoms with Gasteiger partial charge in [0.05, 0.1) is 12.6 Å². The zero-order valence-electron chi connectivity index (χ0n) is 11.0. The van der Waals surface area contributed by atoms with Gasteiger partial charge in [0.15, 0.2) is 0 Å². The Balaban J connectivity index is 2.05. The molecule has 0 radical (unpaired) electrons. The fourth-order valence-corrected chi connectivity index (χ4v) is 1.90. The topological polar surface area (TPSA) is 47.6 Å². The molecule has 18 heavy (non-hydrogen) atoms. The molecule has 1 fully saturated rings. The van der Waals surface area contributed by atoms with Crippen molar-refractivity contribution in [3.8, 4) is 5.75 Å². The Bertz CT molecular complexity index is 420. The number of hydrogen-bond acceptors (Lipinski definition) is 3. The second-order valence-electron chi connectivity index (χ2n) is 5.40. The maximum Gasteiger partial charge on any atom is 0.407 e. The zero-order chi connectivity index (χ0) is 13.2. The highest BCUT2D eigenvalue weighted by Gasteiger charge is 2.20. The van der Waals surface area contributed by atoms with Crippen LogP contribution in [0.1, 0.15) is 38.8 Å². The van der Waals surface area contributed by atoms with Gasteiger partial charge in [0.2, 0.25) is 0 Å². The molecule has 0 bridgehead atoms. The molecule has 0 saturated carbocycles. The number of benzene rings is 1. The molecule has 0 aliphatic carbocycles. The molecule has 1 amide bonds. The minimum atomic E-state index is -0.346. The summed E-state index contributed by atoms with van der Waals surface area (Å²) in [5, 5.41) is 2.80. The first-order chi connectivity index (χ1) is 8.44. The SMILES string of the molecule is CC(C)(C)Oc1ccc([C@H]2CCOC(=O)N2)cc1. The largest absolute Gasteiger partial charge is 0.488 e. The number of amides is 1. The second-order valence-corrected chi connectivity index (χ2v) is 5.40. The van der Waals surface area contributed by atoms with Gasteiger partial charge in [-0.05, 0) is 38.5 Å². The summed E-state index contributed by atoms with van der Waals surface area (Å²) in [6.45, 7) is 6.51. The molecule has 0 unspecified atom stereocenters. The molecule has 1 aliphatic heterocycles. The lowest BCUT2D eigenvalue weighted by molar-refractivity contribution is 0.115. The van der Waals surface area contributed by atoms with E-state index in [9.17, 15) is 4.79 Å². The van der Waals surface area contributed by atoms with E-state index in [1.165, 1.54) is 0 Å². The lowest BCUT2D eigenvalue weighted by Gasteiger charge is -2.25. The van der Waals surface area contributed by atoms with E-state index in [2.05, 4.69) is 5.32 Å². The third kappa shape index (κ3) is 3.39. The van der Waals surface area contributed by atoms with Crippen molar-refractivity contribution in [1.82, 2.24) is 5.32 Å². The highest BCUT2D eigenvalue weighted by atomic mass is 16.5. The van der Waals surface area contributed by atoms with Crippen LogP contribution in [0.15, 0.2) is 24.3 Å². The fraction of sp³-hybridized carbons (Fsp3) is 0.500. The van der Waals surface area contributed by atoms with Gasteiger partial charge in [-0.3, -0.25) is 0 Å². The monoisotopic (exact) mass is 249 g/mol. The number of alkyl carbamates (subject to hydrolysis) is 1. The van der Waals surface area contributed by atoms with Crippen molar-refractivity contribution in [2.24, 2.45) is 0 Å². The summed E-state index contributed by atoms with van der Waals surface area (Å²) in [5.74, 6) is 0.838. The van der Waals surface area contributed by atoms with Gasteiger partial charge in [-0.15, -0.1) is 0 Å². The van der Waals surface area contributed by atoms with Gasteiger partial charge in [-0.2, -0.15) is 0 Å². The van der Waals surface area contributed by atoms with Gasteiger partial charge in [-0.1, -0.05) is 12.1 Å². The molecule has 1 N–H and O–H groups in total. The maximum absolute atomic E-state index is 11.1. The Morgan fingerprint density at radius 1 is 1.28 bits per heavy atom. The van der Waals surface area contributed by atoms with Gasteiger partial charge >= 0.3 is 6.09 Å². The van der Waals surface area contributed by atoms with Crippen LogP contribution in [0, 0.1) is 0 Å². The van der Waals surface area contributed by atoms with Crippen molar-refractivity contribution >= 4 is 6.09 Å². The summed E-state index contributed by atoms with van der Waals surface area (Å²) < 4.78 is 10.6. The van der Waals surface area contributed by atoms with E-state index in [1.807, 2.05) is 45.0 Å². The van der Waals surface area contributed by atoms with Crippen molar-refractivity contribution in [3.63, 3.8) is 0 Å². The standard InChI is InChI=1S/C14H19NO3/c1-14(2,3)18-11-6-4-10(5-7-11)12-8-9-17-13(16)15-12/h4-7,12H,8-9H2,1-3H3,(H,15,16)/t12-/m1/s1. The molecule has 0 spiro atoms. The van der Waals surface area contributed by atoms with Crippen LogP contribution < -0.4 is 10.1 Å². The van der Waals surface area contributed by atoms with Crippen LogP contribution in [0.3, 0.4) is 0 Å². The minimum Gasteiger partial charge on any atom is -0.488 e. The number of carbonyl (C=O) groups is 1. The second kappa shape index (κ2) is 4.88. The van der Waals surface area contributed by atoms with Gasteiger partial charge in [0.25, 0.3) is 0 Å². The Morgan fingerprint density at radius 2 is 1.94 bits per heavy atom. The third-order valence-corrected chi connectivity index (χ3v) is 2.64. The highest BCUT2D eigenvalue weighted by Crippen LogP contribution is 2.24. The molecule has 4 nitrogen and oxygen atoms in total. The average molecular weight is 249 g/mol. The number of rotatable bonds is 2. The third-order valence-electron chi connectivity index (χ3n) is 2.64. The first-order valence-corrected chi connectivity index (χ1v) is 6.16. The van der Waals surface area contributed by atoms with E-state index in [-0.39, 0.29) is 17.7 Å². The molecule has 1 aromatic carbocycles. The lowest BCUT2D eigenvalue weighted by atomic mass is 10.0. The van der Waals surface area contributed by atoms with Crippen molar-refractivity contribution < 1.29 is 14.3 Å². The number of carbonyl (C=O) groups excluding carboxylic acids is 1. The van der Waals surface area contributed by atoms with Crippen molar-refractivity contribution in [2.45, 2.75) is 38.8 Å². The van der Waals surface area contributed by atoms with E-state index in [0.29, 0.717) is 6.61 Å². The number of ether oxygens (including phenoxy) is 2. The number of hydrogen-bond donors (Lipinski definition) is 1. The van der Waals surface area contributed by atoms with Crippen LogP contribution in [0.25, 0.3) is 0 Å². The average Bonchev–Trinajstić information content (AvgIpc) is 2.28. The molecule has 1 saturated heterocycles. The van der Waals surface area contributed by atoms with Gasteiger partial charge < -0.3 is 14.8 Å². The molecule has 2 rings (SSSR count). The van der Waals surface area contributed by atoms with Crippen LogP contribution in [-0.2, 0) is 4.74 Å². The maximum atomic E-state index is 11.1. The summed E-state index contributed by atoms with van der Waals surface area (Å²) >= 11 is 0. The van der Waals surface area contributed by atoms with Crippen molar-refractivity contribution in [2.75, 3.05) is 6.61 Å². The van der Waals surface area contributed by atoms with E-state index in [0.717, 1.165) is 17.7 Å². The summed E-state index contributed by atoms with van der Waals surface area (Å²) in [4.78, 5) is 11.1. The highest BCUT2D eigenvalue weighted by molar-refractivity contribution is 5.68. The molecule has 1 aliphatic rings. The van der Waals surface area contributed by atoms with Gasteiger partial charge in [-0.25, -0.2) is 4.79 Å². The Morgan fingerprint density at radius 3 is 2.50 bits per heavy atom. The van der Waals surface area contributed by atoms with Crippen LogP contribution in [0.5, 0.6) is 5.75 Å². The van der Waals surface area contributed by atoms with Crippen molar-refractivity contribution in [3.05, 3.63) is 29.8 Å². The lowest BCUT2D eigenvalue weighted by Crippen LogP contribution is -2.35. The minimum absolute atomic E-state index is 0.0370. The van der Waals surface area contributed by atoms with E-state index in [1.54, 1.807) is 0 Å². The van der Waals surface area contributed by atoms with Gasteiger partial charge in [0.1, 0.15) is 11.4 Å². The molecule has 1 aromatic rings. The summed E-state index contributed by atoms with van der Waals surface area (Å²) in [6.07, 6.45) is 0.451. The summed E-state index contributed by atoms with van der Waals surface area (Å²) in [7, 11) is 0. The number of cyclic esters (lactones) is 1.